The number of aliphatic hydroxyl groups excluding tert-OH is 1. The molecule has 1 rings (SSSR count). The van der Waals surface area contributed by atoms with Crippen molar-refractivity contribution < 1.29 is 5.11 Å². The van der Waals surface area contributed by atoms with Crippen LogP contribution < -0.4 is 11.1 Å². The molecule has 0 saturated heterocycles. The molecule has 1 unspecified atom stereocenters. The molecule has 0 spiro atoms. The van der Waals surface area contributed by atoms with Crippen LogP contribution in [0.2, 0.25) is 0 Å². The Morgan fingerprint density at radius 1 is 1.53 bits per heavy atom. The normalized spacial score (nSPS) is 12.5. The third-order valence-electron chi connectivity index (χ3n) is 2.18. The summed E-state index contributed by atoms with van der Waals surface area (Å²) in [7, 11) is 0. The van der Waals surface area contributed by atoms with Gasteiger partial charge in [0, 0.05) is 18.7 Å². The topological polar surface area (TPSA) is 84.1 Å². The van der Waals surface area contributed by atoms with E-state index in [4.69, 9.17) is 10.8 Å². The van der Waals surface area contributed by atoms with Crippen LogP contribution in [0.1, 0.15) is 25.6 Å². The number of nitrogens with zero attached hydrogens (tertiary/aromatic N) is 2. The van der Waals surface area contributed by atoms with Crippen molar-refractivity contribution in [2.24, 2.45) is 0 Å². The van der Waals surface area contributed by atoms with Gasteiger partial charge in [-0.25, -0.2) is 9.97 Å². The van der Waals surface area contributed by atoms with Crippen LogP contribution in [0.25, 0.3) is 0 Å². The van der Waals surface area contributed by atoms with Crippen molar-refractivity contribution in [3.8, 4) is 0 Å². The van der Waals surface area contributed by atoms with Gasteiger partial charge in [-0.3, -0.25) is 0 Å². The van der Waals surface area contributed by atoms with Gasteiger partial charge in [0.25, 0.3) is 0 Å². The van der Waals surface area contributed by atoms with E-state index in [0.717, 1.165) is 12.2 Å². The first-order chi connectivity index (χ1) is 7.15. The van der Waals surface area contributed by atoms with Gasteiger partial charge in [0.05, 0.1) is 0 Å². The zero-order valence-corrected chi connectivity index (χ0v) is 9.20. The lowest BCUT2D eigenvalue weighted by atomic mass is 10.1. The molecule has 1 heterocycles. The third-order valence-corrected chi connectivity index (χ3v) is 2.18. The molecule has 5 nitrogen and oxygen atoms in total. The molecule has 1 atom stereocenters. The number of aryl methyl sites for hydroxylation is 1. The smallest absolute Gasteiger partial charge is 0.132 e. The number of nitrogens with one attached hydrogen (secondary N) is 1. The zero-order valence-electron chi connectivity index (χ0n) is 9.20. The Balaban J connectivity index is 2.69. The highest BCUT2D eigenvalue weighted by atomic mass is 16.3. The molecule has 0 bridgehead atoms. The minimum atomic E-state index is 0.172. The van der Waals surface area contributed by atoms with Crippen molar-refractivity contribution in [1.82, 2.24) is 9.97 Å². The Kier molecular flexibility index (Phi) is 4.30. The predicted octanol–water partition coefficient (Wildman–Crippen LogP) is 0.940. The van der Waals surface area contributed by atoms with Gasteiger partial charge in [0.2, 0.25) is 0 Å². The maximum Gasteiger partial charge on any atom is 0.132 e. The van der Waals surface area contributed by atoms with Crippen molar-refractivity contribution in [3.63, 3.8) is 0 Å². The second kappa shape index (κ2) is 5.50. The molecule has 0 aromatic carbocycles. The molecule has 84 valence electrons. The molecule has 0 radical (unpaired) electrons. The van der Waals surface area contributed by atoms with Crippen LogP contribution in [0, 0.1) is 6.92 Å². The molecule has 0 amide bonds. The van der Waals surface area contributed by atoms with E-state index in [2.05, 4.69) is 22.2 Å². The number of aliphatic hydroxyl groups is 1. The lowest BCUT2D eigenvalue weighted by Crippen LogP contribution is -2.21. The highest BCUT2D eigenvalue weighted by Crippen LogP contribution is 2.11. The largest absolute Gasteiger partial charge is 0.396 e. The van der Waals surface area contributed by atoms with Gasteiger partial charge in [-0.2, -0.15) is 0 Å². The van der Waals surface area contributed by atoms with Crippen molar-refractivity contribution in [1.29, 1.82) is 0 Å². The summed E-state index contributed by atoms with van der Waals surface area (Å²) in [6.45, 7) is 4.03. The van der Waals surface area contributed by atoms with Gasteiger partial charge >= 0.3 is 0 Å². The highest BCUT2D eigenvalue weighted by Gasteiger charge is 2.07. The number of hydrogen-bond acceptors (Lipinski definition) is 5. The Labute approximate surface area is 89.7 Å². The summed E-state index contributed by atoms with van der Waals surface area (Å²) in [6, 6.07) is 1.93. The molecule has 0 saturated carbocycles. The molecule has 0 aliphatic heterocycles. The molecule has 5 heteroatoms. The standard InChI is InChI=1S/C10H18N4O/c1-3-8(4-5-15)14-10-6-9(11)12-7(2)13-10/h6,8,15H,3-5H2,1-2H3,(H3,11,12,13,14). The van der Waals surface area contributed by atoms with Gasteiger partial charge in [0.1, 0.15) is 17.5 Å². The quantitative estimate of drug-likeness (QED) is 0.673. The van der Waals surface area contributed by atoms with Crippen LogP contribution in [0.4, 0.5) is 11.6 Å². The molecule has 0 aliphatic rings. The minimum Gasteiger partial charge on any atom is -0.396 e. The number of nitrogen functional groups attached to an aromatic ring is 1. The molecule has 0 fully saturated rings. The zero-order chi connectivity index (χ0) is 11.3. The second-order valence-corrected chi connectivity index (χ2v) is 3.49. The van der Waals surface area contributed by atoms with Crippen LogP contribution >= 0.6 is 0 Å². The van der Waals surface area contributed by atoms with Gasteiger partial charge in [-0.1, -0.05) is 6.92 Å². The van der Waals surface area contributed by atoms with Crippen molar-refractivity contribution in [3.05, 3.63) is 11.9 Å². The number of hydrogen-bond donors (Lipinski definition) is 3. The number of anilines is 2. The Bertz CT molecular complexity index is 296. The van der Waals surface area contributed by atoms with Crippen molar-refractivity contribution in [2.45, 2.75) is 32.7 Å². The van der Waals surface area contributed by atoms with E-state index in [1.54, 1.807) is 13.0 Å². The van der Waals surface area contributed by atoms with Crippen molar-refractivity contribution >= 4 is 11.6 Å². The summed E-state index contributed by atoms with van der Waals surface area (Å²) in [4.78, 5) is 8.21. The van der Waals surface area contributed by atoms with E-state index < -0.39 is 0 Å². The van der Waals surface area contributed by atoms with Gasteiger partial charge in [-0.15, -0.1) is 0 Å². The molecule has 1 aromatic heterocycles. The Morgan fingerprint density at radius 2 is 2.27 bits per heavy atom. The molecule has 0 aliphatic carbocycles. The molecular weight excluding hydrogens is 192 g/mol. The minimum absolute atomic E-state index is 0.172. The van der Waals surface area contributed by atoms with E-state index >= 15 is 0 Å². The van der Waals surface area contributed by atoms with Gasteiger partial charge < -0.3 is 16.2 Å². The van der Waals surface area contributed by atoms with Crippen LogP contribution in [0.5, 0.6) is 0 Å². The monoisotopic (exact) mass is 210 g/mol. The predicted molar refractivity (Wildman–Crippen MR) is 60.6 cm³/mol. The highest BCUT2D eigenvalue weighted by molar-refractivity contribution is 5.45. The maximum atomic E-state index is 8.86. The Hall–Kier alpha value is -1.36. The summed E-state index contributed by atoms with van der Waals surface area (Å²) >= 11 is 0. The number of aromatic nitrogens is 2. The SMILES string of the molecule is CCC(CCO)Nc1cc(N)nc(C)n1. The maximum absolute atomic E-state index is 8.86. The first kappa shape index (κ1) is 11.7. The van der Waals surface area contributed by atoms with E-state index in [1.807, 2.05) is 0 Å². The van der Waals surface area contributed by atoms with Gasteiger partial charge in [-0.05, 0) is 19.8 Å². The second-order valence-electron chi connectivity index (χ2n) is 3.49. The van der Waals surface area contributed by atoms with Gasteiger partial charge in [0.15, 0.2) is 0 Å². The summed E-state index contributed by atoms with van der Waals surface area (Å²) in [5.74, 6) is 1.83. The van der Waals surface area contributed by atoms with E-state index in [0.29, 0.717) is 18.1 Å². The van der Waals surface area contributed by atoms with Crippen LogP contribution in [-0.2, 0) is 0 Å². The fourth-order valence-corrected chi connectivity index (χ4v) is 1.41. The third kappa shape index (κ3) is 3.71. The summed E-state index contributed by atoms with van der Waals surface area (Å²) in [5.41, 5.74) is 5.61. The summed E-state index contributed by atoms with van der Waals surface area (Å²) in [5, 5.41) is 12.1. The molecule has 15 heavy (non-hydrogen) atoms. The average molecular weight is 210 g/mol. The fourth-order valence-electron chi connectivity index (χ4n) is 1.41. The lowest BCUT2D eigenvalue weighted by molar-refractivity contribution is 0.278. The molecule has 1 aromatic rings. The molecular formula is C10H18N4O. The van der Waals surface area contributed by atoms with Crippen LogP contribution in [0.3, 0.4) is 0 Å². The Morgan fingerprint density at radius 3 is 2.80 bits per heavy atom. The average Bonchev–Trinajstić information content (AvgIpc) is 2.15. The van der Waals surface area contributed by atoms with E-state index in [-0.39, 0.29) is 12.6 Å². The first-order valence-electron chi connectivity index (χ1n) is 5.14. The summed E-state index contributed by atoms with van der Waals surface area (Å²) in [6.07, 6.45) is 1.64. The molecule has 4 N–H and O–H groups in total. The van der Waals surface area contributed by atoms with Crippen LogP contribution in [-0.4, -0.2) is 27.7 Å². The van der Waals surface area contributed by atoms with E-state index in [9.17, 15) is 0 Å². The number of nitrogens with two attached hydrogens (primary N) is 1. The first-order valence-corrected chi connectivity index (χ1v) is 5.14. The van der Waals surface area contributed by atoms with Crippen LogP contribution in [0.15, 0.2) is 6.07 Å². The fraction of sp³-hybridized carbons (Fsp3) is 0.600. The van der Waals surface area contributed by atoms with E-state index in [1.165, 1.54) is 0 Å². The summed E-state index contributed by atoms with van der Waals surface area (Å²) < 4.78 is 0. The lowest BCUT2D eigenvalue weighted by Gasteiger charge is -2.16. The van der Waals surface area contributed by atoms with Crippen molar-refractivity contribution in [2.75, 3.05) is 17.7 Å². The number of rotatable bonds is 5.